The van der Waals surface area contributed by atoms with Crippen molar-refractivity contribution in [2.45, 2.75) is 18.4 Å². The third-order valence-electron chi connectivity index (χ3n) is 5.88. The number of amides is 1. The Morgan fingerprint density at radius 1 is 1.03 bits per heavy atom. The Labute approximate surface area is 211 Å². The van der Waals surface area contributed by atoms with E-state index in [-0.39, 0.29) is 24.3 Å². The summed E-state index contributed by atoms with van der Waals surface area (Å²) in [5.74, 6) is 1.02. The molecule has 1 amide bonds. The van der Waals surface area contributed by atoms with Crippen molar-refractivity contribution in [3.05, 3.63) is 93.1 Å². The van der Waals surface area contributed by atoms with Crippen molar-refractivity contribution in [3.8, 4) is 11.5 Å². The van der Waals surface area contributed by atoms with E-state index < -0.39 is 0 Å². The van der Waals surface area contributed by atoms with Crippen LogP contribution in [0.2, 0.25) is 15.1 Å². The molecule has 1 aromatic heterocycles. The Hall–Kier alpha value is -2.86. The summed E-state index contributed by atoms with van der Waals surface area (Å²) in [5, 5.41) is 5.47. The van der Waals surface area contributed by atoms with Gasteiger partial charge in [-0.2, -0.15) is 0 Å². The molecule has 1 aliphatic rings. The minimum Gasteiger partial charge on any atom is -0.486 e. The van der Waals surface area contributed by atoms with Crippen molar-refractivity contribution in [2.75, 3.05) is 13.2 Å². The number of H-pyrrole nitrogens is 1. The standard InChI is InChI=1S/C26H21Cl3N2O3/c27-16-6-8-23-19(10-16)20(13-30-23)18(15-5-7-21(28)22(29)9-15)11-26(32)31-12-17-14-33-24-3-1-2-4-25(24)34-17/h1-10,13,17-18,30H,11-12,14H2,(H,31,32). The van der Waals surface area contributed by atoms with Gasteiger partial charge in [-0.25, -0.2) is 0 Å². The summed E-state index contributed by atoms with van der Waals surface area (Å²) >= 11 is 18.7. The van der Waals surface area contributed by atoms with Crippen LogP contribution in [-0.2, 0) is 4.79 Å². The van der Waals surface area contributed by atoms with Crippen molar-refractivity contribution in [3.63, 3.8) is 0 Å². The average Bonchev–Trinajstić information content (AvgIpc) is 3.25. The molecule has 2 N–H and O–H groups in total. The highest BCUT2D eigenvalue weighted by molar-refractivity contribution is 6.42. The maximum absolute atomic E-state index is 13.1. The van der Waals surface area contributed by atoms with Crippen LogP contribution < -0.4 is 14.8 Å². The number of para-hydroxylation sites is 2. The lowest BCUT2D eigenvalue weighted by Gasteiger charge is -2.26. The van der Waals surface area contributed by atoms with Crippen LogP contribution in [-0.4, -0.2) is 30.1 Å². The Bertz CT molecular complexity index is 1350. The maximum atomic E-state index is 13.1. The van der Waals surface area contributed by atoms with Crippen LogP contribution in [0.15, 0.2) is 66.9 Å². The van der Waals surface area contributed by atoms with Crippen molar-refractivity contribution in [2.24, 2.45) is 0 Å². The molecule has 4 aromatic rings. The van der Waals surface area contributed by atoms with E-state index in [4.69, 9.17) is 44.3 Å². The van der Waals surface area contributed by atoms with Crippen molar-refractivity contribution in [1.82, 2.24) is 10.3 Å². The van der Waals surface area contributed by atoms with E-state index in [0.717, 1.165) is 22.0 Å². The molecule has 5 rings (SSSR count). The predicted molar refractivity (Wildman–Crippen MR) is 136 cm³/mol. The van der Waals surface area contributed by atoms with Crippen LogP contribution in [0.4, 0.5) is 0 Å². The topological polar surface area (TPSA) is 63.4 Å². The summed E-state index contributed by atoms with van der Waals surface area (Å²) in [6, 6.07) is 18.6. The second-order valence-electron chi connectivity index (χ2n) is 8.17. The number of benzene rings is 3. The summed E-state index contributed by atoms with van der Waals surface area (Å²) in [6.07, 6.45) is 1.85. The van der Waals surface area contributed by atoms with Crippen molar-refractivity contribution in [1.29, 1.82) is 0 Å². The van der Waals surface area contributed by atoms with Gasteiger partial charge in [0.2, 0.25) is 5.91 Å². The number of halogens is 3. The largest absolute Gasteiger partial charge is 0.486 e. The number of carbonyl (C=O) groups is 1. The van der Waals surface area contributed by atoms with Gasteiger partial charge in [0, 0.05) is 34.5 Å². The highest BCUT2D eigenvalue weighted by Gasteiger charge is 2.25. The zero-order valence-corrected chi connectivity index (χ0v) is 20.3. The van der Waals surface area contributed by atoms with E-state index in [1.807, 2.05) is 54.7 Å². The van der Waals surface area contributed by atoms with Crippen LogP contribution >= 0.6 is 34.8 Å². The first-order chi connectivity index (χ1) is 16.5. The molecule has 0 spiro atoms. The van der Waals surface area contributed by atoms with Crippen LogP contribution in [0.3, 0.4) is 0 Å². The number of hydrogen-bond donors (Lipinski definition) is 2. The van der Waals surface area contributed by atoms with Gasteiger partial charge < -0.3 is 19.8 Å². The molecule has 174 valence electrons. The number of carbonyl (C=O) groups excluding carboxylic acids is 1. The number of hydrogen-bond acceptors (Lipinski definition) is 3. The number of nitrogens with one attached hydrogen (secondary N) is 2. The molecule has 0 saturated heterocycles. The minimum absolute atomic E-state index is 0.116. The summed E-state index contributed by atoms with van der Waals surface area (Å²) in [4.78, 5) is 16.3. The molecule has 34 heavy (non-hydrogen) atoms. The lowest BCUT2D eigenvalue weighted by atomic mass is 9.88. The van der Waals surface area contributed by atoms with Gasteiger partial charge in [-0.05, 0) is 53.6 Å². The van der Waals surface area contributed by atoms with Gasteiger partial charge in [0.05, 0.1) is 16.6 Å². The van der Waals surface area contributed by atoms with Gasteiger partial charge >= 0.3 is 0 Å². The molecule has 1 aliphatic heterocycles. The second kappa shape index (κ2) is 9.79. The van der Waals surface area contributed by atoms with Gasteiger partial charge in [0.25, 0.3) is 0 Å². The van der Waals surface area contributed by atoms with Gasteiger partial charge in [0.1, 0.15) is 12.7 Å². The highest BCUT2D eigenvalue weighted by Crippen LogP contribution is 2.37. The maximum Gasteiger partial charge on any atom is 0.221 e. The molecule has 0 aliphatic carbocycles. The van der Waals surface area contributed by atoms with E-state index in [1.54, 1.807) is 12.1 Å². The minimum atomic E-state index is -0.269. The molecule has 3 aromatic carbocycles. The molecule has 2 atom stereocenters. The average molecular weight is 516 g/mol. The van der Waals surface area contributed by atoms with E-state index in [9.17, 15) is 4.79 Å². The molecule has 0 saturated carbocycles. The quantitative estimate of drug-likeness (QED) is 0.304. The lowest BCUT2D eigenvalue weighted by Crippen LogP contribution is -2.41. The monoisotopic (exact) mass is 514 g/mol. The Balaban J connectivity index is 1.36. The number of aromatic nitrogens is 1. The van der Waals surface area contributed by atoms with Crippen LogP contribution in [0, 0.1) is 0 Å². The second-order valence-corrected chi connectivity index (χ2v) is 9.42. The highest BCUT2D eigenvalue weighted by atomic mass is 35.5. The molecule has 5 nitrogen and oxygen atoms in total. The fourth-order valence-corrected chi connectivity index (χ4v) is 4.67. The van der Waals surface area contributed by atoms with Gasteiger partial charge in [0.15, 0.2) is 11.5 Å². The molecule has 2 heterocycles. The van der Waals surface area contributed by atoms with Crippen LogP contribution in [0.25, 0.3) is 10.9 Å². The predicted octanol–water partition coefficient (Wildman–Crippen LogP) is 6.61. The summed E-state index contributed by atoms with van der Waals surface area (Å²) < 4.78 is 11.7. The molecule has 8 heteroatoms. The summed E-state index contributed by atoms with van der Waals surface area (Å²) in [6.45, 7) is 0.704. The number of rotatable bonds is 6. The Kier molecular flexibility index (Phi) is 6.59. The lowest BCUT2D eigenvalue weighted by molar-refractivity contribution is -0.121. The molecule has 0 bridgehead atoms. The summed E-state index contributed by atoms with van der Waals surface area (Å²) in [5.41, 5.74) is 2.78. The van der Waals surface area contributed by atoms with Crippen LogP contribution in [0.5, 0.6) is 11.5 Å². The van der Waals surface area contributed by atoms with Crippen molar-refractivity contribution < 1.29 is 14.3 Å². The van der Waals surface area contributed by atoms with Crippen LogP contribution in [0.1, 0.15) is 23.5 Å². The third-order valence-corrected chi connectivity index (χ3v) is 6.86. The van der Waals surface area contributed by atoms with Gasteiger partial charge in [-0.3, -0.25) is 4.79 Å². The number of ether oxygens (including phenoxy) is 2. The normalized spacial score (nSPS) is 15.8. The third kappa shape index (κ3) is 4.83. The molecule has 0 fully saturated rings. The molecular formula is C26H21Cl3N2O3. The summed E-state index contributed by atoms with van der Waals surface area (Å²) in [7, 11) is 0. The fraction of sp³-hybridized carbons (Fsp3) is 0.192. The Morgan fingerprint density at radius 3 is 2.68 bits per heavy atom. The molecule has 0 radical (unpaired) electrons. The van der Waals surface area contributed by atoms with E-state index in [1.165, 1.54) is 0 Å². The smallest absolute Gasteiger partial charge is 0.221 e. The van der Waals surface area contributed by atoms with E-state index in [0.29, 0.717) is 39.7 Å². The zero-order chi connectivity index (χ0) is 23.7. The first-order valence-electron chi connectivity index (χ1n) is 10.8. The van der Waals surface area contributed by atoms with E-state index >= 15 is 0 Å². The number of fused-ring (bicyclic) bond motifs is 2. The molecular weight excluding hydrogens is 495 g/mol. The molecule has 2 unspecified atom stereocenters. The van der Waals surface area contributed by atoms with Gasteiger partial charge in [-0.1, -0.05) is 53.0 Å². The SMILES string of the molecule is O=C(CC(c1ccc(Cl)c(Cl)c1)c1c[nH]c2ccc(Cl)cc12)NCC1COc2ccccc2O1. The first kappa shape index (κ1) is 22.9. The Morgan fingerprint density at radius 2 is 1.85 bits per heavy atom. The van der Waals surface area contributed by atoms with Crippen molar-refractivity contribution >= 4 is 51.6 Å². The fourth-order valence-electron chi connectivity index (χ4n) is 4.19. The van der Waals surface area contributed by atoms with E-state index in [2.05, 4.69) is 10.3 Å². The zero-order valence-electron chi connectivity index (χ0n) is 18.0. The van der Waals surface area contributed by atoms with Gasteiger partial charge in [-0.15, -0.1) is 0 Å². The number of aromatic amines is 1. The first-order valence-corrected chi connectivity index (χ1v) is 12.0.